The Kier molecular flexibility index (Phi) is 6.79. The van der Waals surface area contributed by atoms with Crippen LogP contribution in [-0.4, -0.2) is 46.2 Å². The van der Waals surface area contributed by atoms with Gasteiger partial charge in [0, 0.05) is 43.5 Å². The van der Waals surface area contributed by atoms with Gasteiger partial charge in [0.05, 0.1) is 28.5 Å². The van der Waals surface area contributed by atoms with Crippen LogP contribution in [0.5, 0.6) is 0 Å². The van der Waals surface area contributed by atoms with Gasteiger partial charge in [-0.15, -0.1) is 0 Å². The lowest BCUT2D eigenvalue weighted by molar-refractivity contribution is 0.0785. The number of nitrogens with one attached hydrogen (secondary N) is 1. The molecule has 1 N–H and O–H groups in total. The van der Waals surface area contributed by atoms with E-state index in [2.05, 4.69) is 20.0 Å². The van der Waals surface area contributed by atoms with Crippen molar-refractivity contribution in [2.75, 3.05) is 11.8 Å². The van der Waals surface area contributed by atoms with Crippen molar-refractivity contribution >= 4 is 21.8 Å². The summed E-state index contributed by atoms with van der Waals surface area (Å²) in [5.74, 6) is 0.237. The normalized spacial score (nSPS) is 11.5. The van der Waals surface area contributed by atoms with Crippen molar-refractivity contribution in [3.63, 3.8) is 0 Å². The van der Waals surface area contributed by atoms with Crippen LogP contribution < -0.4 is 4.72 Å². The van der Waals surface area contributed by atoms with Crippen LogP contribution in [-0.2, 0) is 23.6 Å². The highest BCUT2D eigenvalue weighted by Crippen LogP contribution is 2.34. The molecule has 1 amide bonds. The molecule has 12 heteroatoms. The Morgan fingerprint density at radius 1 is 1.13 bits per heavy atom. The van der Waals surface area contributed by atoms with Gasteiger partial charge in [-0.05, 0) is 43.2 Å². The third-order valence-corrected chi connectivity index (χ3v) is 7.73. The number of oxazole rings is 1. The van der Waals surface area contributed by atoms with Crippen LogP contribution in [0.2, 0.25) is 0 Å². The first-order valence-corrected chi connectivity index (χ1v) is 13.4. The molecule has 11 nitrogen and oxygen atoms in total. The summed E-state index contributed by atoms with van der Waals surface area (Å²) in [4.78, 5) is 18.9. The predicted octanol–water partition coefficient (Wildman–Crippen LogP) is 4.42. The van der Waals surface area contributed by atoms with E-state index in [0.29, 0.717) is 45.0 Å². The van der Waals surface area contributed by atoms with E-state index in [0.717, 1.165) is 0 Å². The van der Waals surface area contributed by atoms with Gasteiger partial charge >= 0.3 is 0 Å². The minimum Gasteiger partial charge on any atom is -0.445 e. The van der Waals surface area contributed by atoms with Gasteiger partial charge in [-0.2, -0.15) is 5.10 Å². The number of rotatable bonds is 8. The molecule has 39 heavy (non-hydrogen) atoms. The van der Waals surface area contributed by atoms with Gasteiger partial charge in [0.2, 0.25) is 11.8 Å². The number of hydrogen-bond donors (Lipinski definition) is 1. The second-order valence-electron chi connectivity index (χ2n) is 9.10. The lowest BCUT2D eigenvalue weighted by atomic mass is 9.96. The molecule has 0 aliphatic carbocycles. The topological polar surface area (TPSA) is 136 Å². The molecule has 0 fully saturated rings. The fraction of sp³-hybridized carbons (Fsp3) is 0.185. The van der Waals surface area contributed by atoms with Crippen molar-refractivity contribution in [2.45, 2.75) is 25.3 Å². The number of amides is 1. The Morgan fingerprint density at radius 3 is 2.59 bits per heavy atom. The molecule has 0 radical (unpaired) electrons. The largest absolute Gasteiger partial charge is 0.445 e. The molecule has 200 valence electrons. The van der Waals surface area contributed by atoms with Crippen LogP contribution >= 0.6 is 0 Å². The first-order chi connectivity index (χ1) is 18.6. The number of aromatic nitrogens is 4. The fourth-order valence-electron chi connectivity index (χ4n) is 4.18. The Labute approximate surface area is 225 Å². The first kappa shape index (κ1) is 25.9. The zero-order valence-electron chi connectivity index (χ0n) is 21.7. The van der Waals surface area contributed by atoms with Gasteiger partial charge in [-0.3, -0.25) is 9.48 Å². The van der Waals surface area contributed by atoms with Gasteiger partial charge in [-0.1, -0.05) is 29.4 Å². The molecule has 0 spiro atoms. The summed E-state index contributed by atoms with van der Waals surface area (Å²) in [7, 11) is -0.648. The van der Waals surface area contributed by atoms with Crippen LogP contribution in [0.4, 0.5) is 5.88 Å². The molecule has 0 bridgehead atoms. The van der Waals surface area contributed by atoms with E-state index in [1.807, 2.05) is 6.07 Å². The average molecular weight is 547 g/mol. The summed E-state index contributed by atoms with van der Waals surface area (Å²) in [6, 6.07) is 12.1. The Hall–Kier alpha value is -4.71. The summed E-state index contributed by atoms with van der Waals surface area (Å²) < 4.78 is 41.8. The number of nitrogens with zero attached hydrogens (tertiary/aromatic N) is 5. The molecule has 5 rings (SSSR count). The molecule has 0 aliphatic heterocycles. The SMILES string of the molecule is Cc1noc(NS(=O)(=O)c2ccccc2-c2ccc(-c3ncco3)cc2CN(C)C(=O)c2cnn(C)c2)c1C. The number of hydrogen-bond acceptors (Lipinski definition) is 8. The lowest BCUT2D eigenvalue weighted by Gasteiger charge is -2.20. The van der Waals surface area contributed by atoms with Gasteiger partial charge in [0.25, 0.3) is 15.9 Å². The fourth-order valence-corrected chi connectivity index (χ4v) is 5.45. The Morgan fingerprint density at radius 2 is 1.92 bits per heavy atom. The highest BCUT2D eigenvalue weighted by molar-refractivity contribution is 7.92. The third kappa shape index (κ3) is 5.18. The van der Waals surface area contributed by atoms with Gasteiger partial charge < -0.3 is 13.8 Å². The van der Waals surface area contributed by atoms with Gasteiger partial charge in [-0.25, -0.2) is 18.1 Å². The van der Waals surface area contributed by atoms with Crippen molar-refractivity contribution in [1.82, 2.24) is 24.8 Å². The Balaban J connectivity index is 1.58. The van der Waals surface area contributed by atoms with E-state index in [1.54, 1.807) is 80.3 Å². The molecule has 0 atom stereocenters. The molecular formula is C27H26N6O5S. The number of carbonyl (C=O) groups excluding carboxylic acids is 1. The highest BCUT2D eigenvalue weighted by atomic mass is 32.2. The summed E-state index contributed by atoms with van der Waals surface area (Å²) in [5.41, 5.74) is 4.09. The number of aryl methyl sites for hydroxylation is 2. The first-order valence-electron chi connectivity index (χ1n) is 12.0. The van der Waals surface area contributed by atoms with Crippen LogP contribution in [0.15, 0.2) is 81.2 Å². The van der Waals surface area contributed by atoms with E-state index >= 15 is 0 Å². The van der Waals surface area contributed by atoms with Crippen LogP contribution in [0.3, 0.4) is 0 Å². The van der Waals surface area contributed by atoms with E-state index in [1.165, 1.54) is 18.5 Å². The molecule has 3 aromatic heterocycles. The van der Waals surface area contributed by atoms with Crippen molar-refractivity contribution in [3.05, 3.63) is 89.7 Å². The summed E-state index contributed by atoms with van der Waals surface area (Å²) in [5, 5.41) is 7.92. The molecule has 0 saturated carbocycles. The van der Waals surface area contributed by atoms with Crippen molar-refractivity contribution in [2.24, 2.45) is 7.05 Å². The molecule has 0 aliphatic rings. The minimum absolute atomic E-state index is 0.0461. The van der Waals surface area contributed by atoms with Crippen molar-refractivity contribution in [1.29, 1.82) is 0 Å². The van der Waals surface area contributed by atoms with Crippen LogP contribution in [0.25, 0.3) is 22.6 Å². The summed E-state index contributed by atoms with van der Waals surface area (Å²) in [6.45, 7) is 3.64. The molecule has 2 aromatic carbocycles. The molecule has 3 heterocycles. The number of benzene rings is 2. The van der Waals surface area contributed by atoms with Gasteiger partial charge in [0.15, 0.2) is 0 Å². The van der Waals surface area contributed by atoms with Gasteiger partial charge in [0.1, 0.15) is 6.26 Å². The number of sulfonamides is 1. The zero-order valence-corrected chi connectivity index (χ0v) is 22.6. The lowest BCUT2D eigenvalue weighted by Crippen LogP contribution is -2.26. The second-order valence-corrected chi connectivity index (χ2v) is 10.7. The monoisotopic (exact) mass is 546 g/mol. The quantitative estimate of drug-likeness (QED) is 0.302. The van der Waals surface area contributed by atoms with E-state index in [-0.39, 0.29) is 23.2 Å². The average Bonchev–Trinajstić information content (AvgIpc) is 3.68. The van der Waals surface area contributed by atoms with Crippen LogP contribution in [0, 0.1) is 13.8 Å². The maximum Gasteiger partial charge on any atom is 0.264 e. The third-order valence-electron chi connectivity index (χ3n) is 6.34. The number of carbonyl (C=O) groups is 1. The van der Waals surface area contributed by atoms with E-state index < -0.39 is 10.0 Å². The Bertz CT molecular complexity index is 1750. The maximum atomic E-state index is 13.5. The van der Waals surface area contributed by atoms with E-state index in [4.69, 9.17) is 8.94 Å². The summed E-state index contributed by atoms with van der Waals surface area (Å²) in [6.07, 6.45) is 6.16. The van der Waals surface area contributed by atoms with Crippen LogP contribution in [0.1, 0.15) is 27.2 Å². The smallest absolute Gasteiger partial charge is 0.264 e. The molecular weight excluding hydrogens is 520 g/mol. The zero-order chi connectivity index (χ0) is 27.7. The second kappa shape index (κ2) is 10.2. The molecule has 5 aromatic rings. The van der Waals surface area contributed by atoms with Crippen molar-refractivity contribution < 1.29 is 22.2 Å². The predicted molar refractivity (Wildman–Crippen MR) is 143 cm³/mol. The maximum absolute atomic E-state index is 13.5. The summed E-state index contributed by atoms with van der Waals surface area (Å²) >= 11 is 0. The van der Waals surface area contributed by atoms with Crippen molar-refractivity contribution in [3.8, 4) is 22.6 Å². The molecule has 0 saturated heterocycles. The number of anilines is 1. The molecule has 0 unspecified atom stereocenters. The van der Waals surface area contributed by atoms with E-state index in [9.17, 15) is 13.2 Å². The standard InChI is InChI=1S/C27H26N6O5S/c1-17-18(2)30-38-25(17)31-39(35,36)24-8-6-5-7-23(24)22-10-9-19(26-28-11-12-37-26)13-20(22)15-32(3)27(34)21-14-29-33(4)16-21/h5-14,16,31H,15H2,1-4H3. The minimum atomic E-state index is -4.06. The highest BCUT2D eigenvalue weighted by Gasteiger charge is 2.25.